The van der Waals surface area contributed by atoms with E-state index in [0.29, 0.717) is 0 Å². The Labute approximate surface area is 125 Å². The van der Waals surface area contributed by atoms with E-state index in [9.17, 15) is 14.4 Å². The van der Waals surface area contributed by atoms with Crippen LogP contribution in [-0.2, 0) is 9.59 Å². The maximum Gasteiger partial charge on any atom is 0.253 e. The van der Waals surface area contributed by atoms with Gasteiger partial charge in [-0.1, -0.05) is 23.2 Å². The molecule has 1 unspecified atom stereocenters. The fourth-order valence-corrected chi connectivity index (χ4v) is 2.11. The van der Waals surface area contributed by atoms with Gasteiger partial charge in [0.2, 0.25) is 5.91 Å². The van der Waals surface area contributed by atoms with Gasteiger partial charge in [-0.05, 0) is 12.5 Å². The number of piperidine rings is 1. The van der Waals surface area contributed by atoms with Crippen LogP contribution >= 0.6 is 23.2 Å². The number of likely N-dealkylation sites (tertiary alicyclic amines) is 1. The van der Waals surface area contributed by atoms with E-state index in [4.69, 9.17) is 23.2 Å². The number of nitrogens with zero attached hydrogens (tertiary/aromatic N) is 2. The van der Waals surface area contributed by atoms with E-state index in [1.807, 2.05) is 0 Å². The Morgan fingerprint density at radius 3 is 2.80 bits per heavy atom. The van der Waals surface area contributed by atoms with Crippen molar-refractivity contribution in [1.29, 1.82) is 0 Å². The number of carbonyl (C=O) groups is 3. The summed E-state index contributed by atoms with van der Waals surface area (Å²) in [7, 11) is 1.39. The van der Waals surface area contributed by atoms with Gasteiger partial charge in [-0.15, -0.1) is 0 Å². The summed E-state index contributed by atoms with van der Waals surface area (Å²) in [6, 6.07) is 0.647. The van der Waals surface area contributed by atoms with Gasteiger partial charge in [0.05, 0.1) is 10.6 Å². The van der Waals surface area contributed by atoms with E-state index in [2.05, 4.69) is 10.3 Å². The summed E-state index contributed by atoms with van der Waals surface area (Å²) in [5.74, 6) is -1.17. The molecule has 0 saturated carbocycles. The Bertz CT molecular complexity index is 591. The molecule has 6 nitrogen and oxygen atoms in total. The van der Waals surface area contributed by atoms with E-state index in [0.717, 1.165) is 4.90 Å². The molecular formula is C12H11Cl2N3O3. The summed E-state index contributed by atoms with van der Waals surface area (Å²) in [6.07, 6.45) is 1.76. The van der Waals surface area contributed by atoms with Crippen LogP contribution in [0.2, 0.25) is 10.2 Å². The van der Waals surface area contributed by atoms with Crippen molar-refractivity contribution in [3.63, 3.8) is 0 Å². The first-order chi connectivity index (χ1) is 9.40. The minimum absolute atomic E-state index is 0.0993. The molecule has 3 amide bonds. The van der Waals surface area contributed by atoms with Gasteiger partial charge in [-0.25, -0.2) is 4.98 Å². The number of halogens is 2. The summed E-state index contributed by atoms with van der Waals surface area (Å²) in [5.41, 5.74) is 0.201. The molecule has 2 heterocycles. The lowest BCUT2D eigenvalue weighted by Crippen LogP contribution is -2.52. The first kappa shape index (κ1) is 14.7. The third-order valence-electron chi connectivity index (χ3n) is 3.01. The maximum atomic E-state index is 12.0. The van der Waals surface area contributed by atoms with Crippen LogP contribution in [0.3, 0.4) is 0 Å². The summed E-state index contributed by atoms with van der Waals surface area (Å²) < 4.78 is 0. The van der Waals surface area contributed by atoms with E-state index in [1.54, 1.807) is 0 Å². The van der Waals surface area contributed by atoms with Gasteiger partial charge in [-0.2, -0.15) is 0 Å². The molecule has 8 heteroatoms. The van der Waals surface area contributed by atoms with E-state index >= 15 is 0 Å². The van der Waals surface area contributed by atoms with Crippen LogP contribution in [-0.4, -0.2) is 40.7 Å². The average molecular weight is 316 g/mol. The highest BCUT2D eigenvalue weighted by Crippen LogP contribution is 2.20. The Kier molecular flexibility index (Phi) is 4.25. The molecule has 0 radical (unpaired) electrons. The fraction of sp³-hybridized carbons (Fsp3) is 0.333. The van der Waals surface area contributed by atoms with Gasteiger partial charge in [0.1, 0.15) is 11.2 Å². The quantitative estimate of drug-likeness (QED) is 0.658. The van der Waals surface area contributed by atoms with E-state index in [-0.39, 0.29) is 34.5 Å². The van der Waals surface area contributed by atoms with Gasteiger partial charge in [-0.3, -0.25) is 19.3 Å². The van der Waals surface area contributed by atoms with Crippen LogP contribution in [0.4, 0.5) is 0 Å². The number of likely N-dealkylation sites (N-methyl/N-ethyl adjacent to an activating group) is 1. The highest BCUT2D eigenvalue weighted by atomic mass is 35.5. The SMILES string of the molecule is CN1C(=O)CCC(NC(=O)c2cnc(Cl)c(Cl)c2)C1=O. The molecule has 1 aliphatic rings. The predicted octanol–water partition coefficient (Wildman–Crippen LogP) is 1.27. The minimum atomic E-state index is -0.723. The van der Waals surface area contributed by atoms with Crippen LogP contribution in [0.5, 0.6) is 0 Å². The standard InChI is InChI=1S/C12H11Cl2N3O3/c1-17-9(18)3-2-8(12(17)20)16-11(19)6-4-7(13)10(14)15-5-6/h4-5,8H,2-3H2,1H3,(H,16,19). The predicted molar refractivity (Wildman–Crippen MR) is 72.5 cm³/mol. The molecule has 1 fully saturated rings. The van der Waals surface area contributed by atoms with Crippen molar-refractivity contribution < 1.29 is 14.4 Å². The number of nitrogens with one attached hydrogen (secondary N) is 1. The molecule has 0 aliphatic carbocycles. The lowest BCUT2D eigenvalue weighted by molar-refractivity contribution is -0.147. The van der Waals surface area contributed by atoms with Crippen molar-refractivity contribution in [1.82, 2.24) is 15.2 Å². The first-order valence-electron chi connectivity index (χ1n) is 5.82. The van der Waals surface area contributed by atoms with Crippen molar-refractivity contribution in [2.24, 2.45) is 0 Å². The molecule has 106 valence electrons. The molecular weight excluding hydrogens is 305 g/mol. The van der Waals surface area contributed by atoms with Crippen molar-refractivity contribution >= 4 is 40.9 Å². The van der Waals surface area contributed by atoms with Gasteiger partial charge >= 0.3 is 0 Å². The monoisotopic (exact) mass is 315 g/mol. The summed E-state index contributed by atoms with van der Waals surface area (Å²) in [4.78, 5) is 40.0. The Morgan fingerprint density at radius 1 is 1.45 bits per heavy atom. The lowest BCUT2D eigenvalue weighted by atomic mass is 10.0. The molecule has 2 rings (SSSR count). The topological polar surface area (TPSA) is 79.4 Å². The highest BCUT2D eigenvalue weighted by Gasteiger charge is 2.32. The molecule has 1 aromatic heterocycles. The lowest BCUT2D eigenvalue weighted by Gasteiger charge is -2.28. The van der Waals surface area contributed by atoms with Gasteiger partial charge in [0, 0.05) is 19.7 Å². The third-order valence-corrected chi connectivity index (χ3v) is 3.70. The fourth-order valence-electron chi connectivity index (χ4n) is 1.84. The smallest absolute Gasteiger partial charge is 0.253 e. The number of hydrogen-bond acceptors (Lipinski definition) is 4. The van der Waals surface area contributed by atoms with Crippen LogP contribution in [0.25, 0.3) is 0 Å². The Hall–Kier alpha value is -1.66. The second kappa shape index (κ2) is 5.76. The second-order valence-electron chi connectivity index (χ2n) is 4.35. The minimum Gasteiger partial charge on any atom is -0.340 e. The van der Waals surface area contributed by atoms with Crippen molar-refractivity contribution in [3.05, 3.63) is 28.0 Å². The largest absolute Gasteiger partial charge is 0.340 e. The van der Waals surface area contributed by atoms with Gasteiger partial charge in [0.15, 0.2) is 0 Å². The van der Waals surface area contributed by atoms with Crippen molar-refractivity contribution in [2.75, 3.05) is 7.05 Å². The van der Waals surface area contributed by atoms with Gasteiger partial charge in [0.25, 0.3) is 11.8 Å². The molecule has 1 aromatic rings. The van der Waals surface area contributed by atoms with Gasteiger partial charge < -0.3 is 5.32 Å². The molecule has 0 spiro atoms. The number of carbonyl (C=O) groups excluding carboxylic acids is 3. The normalized spacial score (nSPS) is 19.1. The third kappa shape index (κ3) is 2.91. The van der Waals surface area contributed by atoms with Crippen molar-refractivity contribution in [2.45, 2.75) is 18.9 Å². The number of amides is 3. The molecule has 1 atom stereocenters. The molecule has 20 heavy (non-hydrogen) atoms. The van der Waals surface area contributed by atoms with E-state index in [1.165, 1.54) is 19.3 Å². The van der Waals surface area contributed by atoms with Crippen LogP contribution in [0, 0.1) is 0 Å². The van der Waals surface area contributed by atoms with Crippen LogP contribution in [0.15, 0.2) is 12.3 Å². The van der Waals surface area contributed by atoms with Crippen LogP contribution in [0.1, 0.15) is 23.2 Å². The average Bonchev–Trinajstić information content (AvgIpc) is 2.42. The molecule has 1 N–H and O–H groups in total. The molecule has 1 saturated heterocycles. The Morgan fingerprint density at radius 2 is 2.15 bits per heavy atom. The zero-order valence-electron chi connectivity index (χ0n) is 10.5. The number of pyridine rings is 1. The second-order valence-corrected chi connectivity index (χ2v) is 5.12. The van der Waals surface area contributed by atoms with E-state index < -0.39 is 17.9 Å². The summed E-state index contributed by atoms with van der Waals surface area (Å²) >= 11 is 11.4. The Balaban J connectivity index is 2.09. The number of rotatable bonds is 2. The highest BCUT2D eigenvalue weighted by molar-refractivity contribution is 6.41. The number of aromatic nitrogens is 1. The number of imide groups is 1. The summed E-state index contributed by atoms with van der Waals surface area (Å²) in [6.45, 7) is 0. The molecule has 0 bridgehead atoms. The first-order valence-corrected chi connectivity index (χ1v) is 6.58. The molecule has 0 aromatic carbocycles. The van der Waals surface area contributed by atoms with Crippen LogP contribution < -0.4 is 5.32 Å². The summed E-state index contributed by atoms with van der Waals surface area (Å²) in [5, 5.41) is 2.81. The maximum absolute atomic E-state index is 12.0. The van der Waals surface area contributed by atoms with Crippen molar-refractivity contribution in [3.8, 4) is 0 Å². The molecule has 1 aliphatic heterocycles. The zero-order valence-corrected chi connectivity index (χ0v) is 12.0. The zero-order chi connectivity index (χ0) is 14.9. The number of hydrogen-bond donors (Lipinski definition) is 1.